The third-order valence-electron chi connectivity index (χ3n) is 2.52. The number of carbonyl (C=O) groups is 1. The number of carbonyl (C=O) groups excluding carboxylic acids is 1. The summed E-state index contributed by atoms with van der Waals surface area (Å²) in [6, 6.07) is 3.18. The predicted molar refractivity (Wildman–Crippen MR) is 74.5 cm³/mol. The first kappa shape index (κ1) is 15.1. The molecule has 0 heterocycles. The van der Waals surface area contributed by atoms with Gasteiger partial charge in [0.15, 0.2) is 5.75 Å². The van der Waals surface area contributed by atoms with Crippen LogP contribution in [-0.2, 0) is 4.79 Å². The van der Waals surface area contributed by atoms with Crippen molar-refractivity contribution in [1.82, 2.24) is 5.32 Å². The molecule has 1 unspecified atom stereocenters. The molecule has 1 amide bonds. The predicted octanol–water partition coefficient (Wildman–Crippen LogP) is 3.03. The summed E-state index contributed by atoms with van der Waals surface area (Å²) in [5.41, 5.74) is 0.457. The molecule has 0 spiro atoms. The van der Waals surface area contributed by atoms with Gasteiger partial charge in [0.2, 0.25) is 5.91 Å². The minimum atomic E-state index is -0.187. The van der Waals surface area contributed by atoms with Gasteiger partial charge in [-0.2, -0.15) is 0 Å². The average Bonchev–Trinajstić information content (AvgIpc) is 2.32. The Balaban J connectivity index is 2.60. The van der Waals surface area contributed by atoms with Crippen molar-refractivity contribution in [2.24, 2.45) is 0 Å². The average molecular weight is 291 g/mol. The Bertz CT molecular complexity index is 415. The Morgan fingerprint density at radius 2 is 1.94 bits per heavy atom. The second-order valence-electron chi connectivity index (χ2n) is 4.03. The molecule has 0 aromatic heterocycles. The molecule has 0 saturated heterocycles. The van der Waals surface area contributed by atoms with Crippen molar-refractivity contribution in [2.75, 3.05) is 11.9 Å². The molecule has 1 rings (SSSR count). The van der Waals surface area contributed by atoms with Crippen molar-refractivity contribution in [3.63, 3.8) is 0 Å². The molecule has 4 nitrogen and oxygen atoms in total. The smallest absolute Gasteiger partial charge is 0.238 e. The molecule has 0 aliphatic carbocycles. The maximum Gasteiger partial charge on any atom is 0.238 e. The second-order valence-corrected chi connectivity index (χ2v) is 4.84. The highest BCUT2D eigenvalue weighted by Gasteiger charge is 2.09. The highest BCUT2D eigenvalue weighted by atomic mass is 35.5. The quantitative estimate of drug-likeness (QED) is 0.731. The van der Waals surface area contributed by atoms with E-state index >= 15 is 0 Å². The summed E-state index contributed by atoms with van der Waals surface area (Å²) in [6.45, 7) is 4.25. The van der Waals surface area contributed by atoms with Crippen molar-refractivity contribution < 1.29 is 9.90 Å². The van der Waals surface area contributed by atoms with Gasteiger partial charge in [0.25, 0.3) is 0 Å². The number of phenolic OH excluding ortho intramolecular Hbond substituents is 1. The molecule has 1 atom stereocenters. The van der Waals surface area contributed by atoms with Crippen LogP contribution in [0, 0.1) is 0 Å². The fraction of sp³-hybridized carbons (Fsp3) is 0.417. The lowest BCUT2D eigenvalue weighted by Gasteiger charge is -2.12. The summed E-state index contributed by atoms with van der Waals surface area (Å²) in [6.07, 6.45) is 0.949. The molecule has 1 aromatic carbocycles. The highest BCUT2D eigenvalue weighted by molar-refractivity contribution is 6.37. The molecular weight excluding hydrogens is 275 g/mol. The monoisotopic (exact) mass is 290 g/mol. The first-order valence-electron chi connectivity index (χ1n) is 5.65. The molecule has 0 fully saturated rings. The molecule has 0 aliphatic rings. The number of nitrogens with one attached hydrogen (secondary N) is 2. The van der Waals surface area contributed by atoms with Gasteiger partial charge in [-0.25, -0.2) is 0 Å². The van der Waals surface area contributed by atoms with Crippen molar-refractivity contribution >= 4 is 34.8 Å². The summed E-state index contributed by atoms with van der Waals surface area (Å²) in [7, 11) is 0. The minimum Gasteiger partial charge on any atom is -0.505 e. The van der Waals surface area contributed by atoms with Crippen LogP contribution in [0.15, 0.2) is 12.1 Å². The Labute approximate surface area is 116 Å². The van der Waals surface area contributed by atoms with Crippen molar-refractivity contribution in [2.45, 2.75) is 26.3 Å². The molecule has 6 heteroatoms. The number of benzene rings is 1. The first-order chi connectivity index (χ1) is 8.43. The number of hydrogen-bond donors (Lipinski definition) is 3. The zero-order chi connectivity index (χ0) is 13.7. The van der Waals surface area contributed by atoms with E-state index in [9.17, 15) is 9.90 Å². The standard InChI is InChI=1S/C12H16Cl2N2O2/c1-3-7(2)15-6-11(17)16-8-4-9(13)12(18)10(14)5-8/h4-5,7,15,18H,3,6H2,1-2H3,(H,16,17). The van der Waals surface area contributed by atoms with Gasteiger partial charge >= 0.3 is 0 Å². The number of hydrogen-bond acceptors (Lipinski definition) is 3. The van der Waals surface area contributed by atoms with Crippen LogP contribution in [0.5, 0.6) is 5.75 Å². The maximum absolute atomic E-state index is 11.6. The van der Waals surface area contributed by atoms with Crippen LogP contribution < -0.4 is 10.6 Å². The summed E-state index contributed by atoms with van der Waals surface area (Å²) in [4.78, 5) is 11.6. The number of aromatic hydroxyl groups is 1. The van der Waals surface area contributed by atoms with Crippen LogP contribution in [0.4, 0.5) is 5.69 Å². The number of anilines is 1. The molecule has 1 aromatic rings. The molecule has 0 aliphatic heterocycles. The second kappa shape index (κ2) is 6.83. The Morgan fingerprint density at radius 1 is 1.39 bits per heavy atom. The topological polar surface area (TPSA) is 61.4 Å². The zero-order valence-electron chi connectivity index (χ0n) is 10.3. The first-order valence-corrected chi connectivity index (χ1v) is 6.40. The maximum atomic E-state index is 11.6. The SMILES string of the molecule is CCC(C)NCC(=O)Nc1cc(Cl)c(O)c(Cl)c1. The Kier molecular flexibility index (Phi) is 5.72. The summed E-state index contributed by atoms with van der Waals surface area (Å²) < 4.78 is 0. The summed E-state index contributed by atoms with van der Waals surface area (Å²) in [5.74, 6) is -0.373. The van der Waals surface area contributed by atoms with Crippen molar-refractivity contribution in [3.8, 4) is 5.75 Å². The largest absolute Gasteiger partial charge is 0.505 e. The van der Waals surface area contributed by atoms with Gasteiger partial charge in [0, 0.05) is 11.7 Å². The van der Waals surface area contributed by atoms with Gasteiger partial charge in [0.1, 0.15) is 0 Å². The van der Waals surface area contributed by atoms with Crippen molar-refractivity contribution in [1.29, 1.82) is 0 Å². The van der Waals surface area contributed by atoms with E-state index in [0.29, 0.717) is 5.69 Å². The highest BCUT2D eigenvalue weighted by Crippen LogP contribution is 2.34. The summed E-state index contributed by atoms with van der Waals surface area (Å²) >= 11 is 11.5. The molecule has 0 radical (unpaired) electrons. The Hall–Kier alpha value is -0.970. The van der Waals surface area contributed by atoms with E-state index in [2.05, 4.69) is 10.6 Å². The minimum absolute atomic E-state index is 0.104. The number of rotatable bonds is 5. The molecule has 100 valence electrons. The van der Waals surface area contributed by atoms with Gasteiger partial charge in [-0.05, 0) is 25.5 Å². The van der Waals surface area contributed by atoms with Crippen LogP contribution in [0.3, 0.4) is 0 Å². The molecule has 3 N–H and O–H groups in total. The molecule has 18 heavy (non-hydrogen) atoms. The van der Waals surface area contributed by atoms with Crippen LogP contribution in [0.2, 0.25) is 10.0 Å². The number of phenols is 1. The lowest BCUT2D eigenvalue weighted by molar-refractivity contribution is -0.115. The third-order valence-corrected chi connectivity index (χ3v) is 3.10. The van der Waals surface area contributed by atoms with Crippen LogP contribution in [-0.4, -0.2) is 23.6 Å². The van der Waals surface area contributed by atoms with Crippen molar-refractivity contribution in [3.05, 3.63) is 22.2 Å². The normalized spacial score (nSPS) is 12.2. The third kappa shape index (κ3) is 4.37. The lowest BCUT2D eigenvalue weighted by atomic mass is 10.2. The van der Waals surface area contributed by atoms with E-state index in [1.165, 1.54) is 12.1 Å². The van der Waals surface area contributed by atoms with E-state index in [1.54, 1.807) is 0 Å². The van der Waals surface area contributed by atoms with Gasteiger partial charge < -0.3 is 15.7 Å². The van der Waals surface area contributed by atoms with E-state index in [4.69, 9.17) is 23.2 Å². The molecule has 0 bridgehead atoms. The number of amides is 1. The van der Waals surface area contributed by atoms with Crippen LogP contribution in [0.25, 0.3) is 0 Å². The lowest BCUT2D eigenvalue weighted by Crippen LogP contribution is -2.33. The number of halogens is 2. The van der Waals surface area contributed by atoms with Gasteiger partial charge in [-0.15, -0.1) is 0 Å². The fourth-order valence-electron chi connectivity index (χ4n) is 1.25. The fourth-order valence-corrected chi connectivity index (χ4v) is 1.74. The van der Waals surface area contributed by atoms with E-state index in [0.717, 1.165) is 6.42 Å². The van der Waals surface area contributed by atoms with Gasteiger partial charge in [-0.3, -0.25) is 4.79 Å². The summed E-state index contributed by atoms with van der Waals surface area (Å²) in [5, 5.41) is 15.3. The van der Waals surface area contributed by atoms with E-state index < -0.39 is 0 Å². The molecule has 0 saturated carbocycles. The van der Waals surface area contributed by atoms with E-state index in [-0.39, 0.29) is 34.3 Å². The van der Waals surface area contributed by atoms with Gasteiger partial charge in [-0.1, -0.05) is 30.1 Å². The molecular formula is C12H16Cl2N2O2. The van der Waals surface area contributed by atoms with E-state index in [1.807, 2.05) is 13.8 Å². The Morgan fingerprint density at radius 3 is 2.44 bits per heavy atom. The van der Waals surface area contributed by atoms with Crippen LogP contribution >= 0.6 is 23.2 Å². The van der Waals surface area contributed by atoms with Crippen LogP contribution in [0.1, 0.15) is 20.3 Å². The van der Waals surface area contributed by atoms with Gasteiger partial charge in [0.05, 0.1) is 16.6 Å². The zero-order valence-corrected chi connectivity index (χ0v) is 11.8.